The molecule has 8 rings (SSSR count). The largest absolute Gasteiger partial charge is 0.309 e. The van der Waals surface area contributed by atoms with Gasteiger partial charge in [-0.05, 0) is 76.5 Å². The molecule has 0 radical (unpaired) electrons. The Labute approximate surface area is 222 Å². The van der Waals surface area contributed by atoms with Crippen LogP contribution in [0.5, 0.6) is 0 Å². The second kappa shape index (κ2) is 7.94. The van der Waals surface area contributed by atoms with Gasteiger partial charge in [-0.1, -0.05) is 78.3 Å². The Morgan fingerprint density at radius 1 is 0.486 bits per heavy atom. The Kier molecular flexibility index (Phi) is 4.51. The van der Waals surface area contributed by atoms with Crippen molar-refractivity contribution in [3.63, 3.8) is 0 Å². The normalized spacial score (nSPS) is 11.9. The zero-order valence-corrected chi connectivity index (χ0v) is 21.4. The molecule has 2 aromatic heterocycles. The summed E-state index contributed by atoms with van der Waals surface area (Å²) in [6.45, 7) is 0. The monoisotopic (exact) mass is 509 g/mol. The van der Waals surface area contributed by atoms with Crippen LogP contribution in [0.4, 0.5) is 0 Å². The van der Waals surface area contributed by atoms with Crippen LogP contribution < -0.4 is 0 Å². The average Bonchev–Trinajstić information content (AvgIpc) is 3.47. The molecule has 0 aliphatic carbocycles. The van der Waals surface area contributed by atoms with Gasteiger partial charge in [-0.15, -0.1) is 11.3 Å². The van der Waals surface area contributed by atoms with Crippen molar-refractivity contribution in [3.05, 3.63) is 126 Å². The maximum absolute atomic E-state index is 6.48. The third-order valence-corrected chi connectivity index (χ3v) is 8.82. The molecule has 174 valence electrons. The van der Waals surface area contributed by atoms with Crippen molar-refractivity contribution in [2.24, 2.45) is 0 Å². The lowest BCUT2D eigenvalue weighted by atomic mass is 10.00. The average molecular weight is 510 g/mol. The summed E-state index contributed by atoms with van der Waals surface area (Å²) in [5.41, 5.74) is 5.93. The summed E-state index contributed by atoms with van der Waals surface area (Å²) in [4.78, 5) is 0. The van der Waals surface area contributed by atoms with E-state index >= 15 is 0 Å². The number of nitrogens with zero attached hydrogens (tertiary/aromatic N) is 1. The van der Waals surface area contributed by atoms with Gasteiger partial charge in [0.1, 0.15) is 0 Å². The van der Waals surface area contributed by atoms with Gasteiger partial charge in [0, 0.05) is 41.7 Å². The fraction of sp³-hybridized carbons (Fsp3) is 0. The number of halogens is 1. The summed E-state index contributed by atoms with van der Waals surface area (Å²) in [6, 6.07) is 43.8. The molecular formula is C34H20ClNS. The van der Waals surface area contributed by atoms with Crippen LogP contribution in [0.15, 0.2) is 121 Å². The number of thiophene rings is 1. The Hall–Kier alpha value is -4.11. The van der Waals surface area contributed by atoms with Crippen molar-refractivity contribution in [2.45, 2.75) is 0 Å². The highest BCUT2D eigenvalue weighted by molar-refractivity contribution is 7.25. The van der Waals surface area contributed by atoms with E-state index in [9.17, 15) is 0 Å². The van der Waals surface area contributed by atoms with E-state index in [0.717, 1.165) is 16.2 Å². The zero-order chi connectivity index (χ0) is 24.5. The minimum atomic E-state index is 0.754. The first-order chi connectivity index (χ1) is 18.2. The first kappa shape index (κ1) is 21.0. The maximum atomic E-state index is 6.48. The molecule has 0 atom stereocenters. The van der Waals surface area contributed by atoms with Gasteiger partial charge in [0.25, 0.3) is 0 Å². The van der Waals surface area contributed by atoms with Gasteiger partial charge in [0.15, 0.2) is 0 Å². The number of hydrogen-bond acceptors (Lipinski definition) is 1. The molecule has 0 aliphatic rings. The van der Waals surface area contributed by atoms with Gasteiger partial charge in [-0.3, -0.25) is 0 Å². The number of rotatable bonds is 2. The van der Waals surface area contributed by atoms with E-state index in [1.807, 2.05) is 17.4 Å². The van der Waals surface area contributed by atoms with Crippen molar-refractivity contribution in [1.82, 2.24) is 4.57 Å². The van der Waals surface area contributed by atoms with Gasteiger partial charge in [0.05, 0.1) is 11.0 Å². The van der Waals surface area contributed by atoms with E-state index in [1.165, 1.54) is 58.4 Å². The summed E-state index contributed by atoms with van der Waals surface area (Å²) in [6.07, 6.45) is 0. The number of hydrogen-bond donors (Lipinski definition) is 0. The molecule has 37 heavy (non-hydrogen) atoms. The first-order valence-corrected chi connectivity index (χ1v) is 13.6. The van der Waals surface area contributed by atoms with E-state index in [2.05, 4.69) is 120 Å². The summed E-state index contributed by atoms with van der Waals surface area (Å²) in [7, 11) is 0. The van der Waals surface area contributed by atoms with Gasteiger partial charge in [0.2, 0.25) is 0 Å². The Morgan fingerprint density at radius 3 is 2.22 bits per heavy atom. The molecule has 6 aromatic carbocycles. The number of fused-ring (bicyclic) bond motifs is 7. The van der Waals surface area contributed by atoms with Crippen molar-refractivity contribution in [3.8, 4) is 16.8 Å². The predicted octanol–water partition coefficient (Wildman–Crippen LogP) is 10.6. The van der Waals surface area contributed by atoms with E-state index in [-0.39, 0.29) is 0 Å². The molecule has 0 saturated carbocycles. The number of benzene rings is 6. The Bertz CT molecular complexity index is 2160. The van der Waals surface area contributed by atoms with Gasteiger partial charge < -0.3 is 4.57 Å². The highest BCUT2D eigenvalue weighted by Gasteiger charge is 2.15. The lowest BCUT2D eigenvalue weighted by Crippen LogP contribution is -1.93. The SMILES string of the molecule is Clc1ccc2c(c1)c1ccc(-c3ccc4ccccc4c3)cc1n2-c1ccc2sc3ccccc3c2c1. The summed E-state index contributed by atoms with van der Waals surface area (Å²) in [5, 5.41) is 8.25. The molecule has 0 unspecified atom stereocenters. The Balaban J connectivity index is 1.42. The molecule has 0 fully saturated rings. The van der Waals surface area contributed by atoms with Gasteiger partial charge in [-0.2, -0.15) is 0 Å². The lowest BCUT2D eigenvalue weighted by molar-refractivity contribution is 1.19. The quantitative estimate of drug-likeness (QED) is 0.218. The smallest absolute Gasteiger partial charge is 0.0547 e. The molecule has 1 nitrogen and oxygen atoms in total. The third kappa shape index (κ3) is 3.23. The van der Waals surface area contributed by atoms with Crippen LogP contribution in [0, 0.1) is 0 Å². The van der Waals surface area contributed by atoms with Crippen molar-refractivity contribution in [2.75, 3.05) is 0 Å². The van der Waals surface area contributed by atoms with Gasteiger partial charge >= 0.3 is 0 Å². The number of aromatic nitrogens is 1. The third-order valence-electron chi connectivity index (χ3n) is 7.43. The molecule has 3 heteroatoms. The Morgan fingerprint density at radius 2 is 1.27 bits per heavy atom. The minimum absolute atomic E-state index is 0.754. The van der Waals surface area contributed by atoms with E-state index < -0.39 is 0 Å². The minimum Gasteiger partial charge on any atom is -0.309 e. The van der Waals surface area contributed by atoms with Crippen molar-refractivity contribution < 1.29 is 0 Å². The van der Waals surface area contributed by atoms with E-state index in [1.54, 1.807) is 0 Å². The van der Waals surface area contributed by atoms with Crippen molar-refractivity contribution >= 4 is 75.7 Å². The fourth-order valence-corrected chi connectivity index (χ4v) is 6.93. The van der Waals surface area contributed by atoms with Crippen LogP contribution in [0.2, 0.25) is 5.02 Å². The van der Waals surface area contributed by atoms with Crippen LogP contribution >= 0.6 is 22.9 Å². The molecule has 2 heterocycles. The molecule has 0 spiro atoms. The van der Waals surface area contributed by atoms with Crippen molar-refractivity contribution in [1.29, 1.82) is 0 Å². The maximum Gasteiger partial charge on any atom is 0.0547 e. The molecule has 0 bridgehead atoms. The second-order valence-electron chi connectivity index (χ2n) is 9.57. The van der Waals surface area contributed by atoms with E-state index in [4.69, 9.17) is 11.6 Å². The highest BCUT2D eigenvalue weighted by atomic mass is 35.5. The molecule has 8 aromatic rings. The highest BCUT2D eigenvalue weighted by Crippen LogP contribution is 2.39. The van der Waals surface area contributed by atoms with Gasteiger partial charge in [-0.25, -0.2) is 0 Å². The van der Waals surface area contributed by atoms with Crippen LogP contribution in [-0.2, 0) is 0 Å². The standard InChI is InChI=1S/C34H20ClNS/c35-25-12-15-31-29(19-25)27-14-11-24(23-10-9-21-5-1-2-6-22(21)17-23)18-32(27)36(31)26-13-16-34-30(20-26)28-7-3-4-8-33(28)37-34/h1-20H. The van der Waals surface area contributed by atoms with Crippen LogP contribution in [0.25, 0.3) is 69.6 Å². The summed E-state index contributed by atoms with van der Waals surface area (Å²) >= 11 is 8.33. The molecule has 0 saturated heterocycles. The molecule has 0 amide bonds. The van der Waals surface area contributed by atoms with Crippen LogP contribution in [0.3, 0.4) is 0 Å². The summed E-state index contributed by atoms with van der Waals surface area (Å²) < 4.78 is 5.02. The fourth-order valence-electron chi connectivity index (χ4n) is 5.67. The molecular weight excluding hydrogens is 490 g/mol. The predicted molar refractivity (Wildman–Crippen MR) is 162 cm³/mol. The lowest BCUT2D eigenvalue weighted by Gasteiger charge is -2.10. The zero-order valence-electron chi connectivity index (χ0n) is 19.8. The molecule has 0 aliphatic heterocycles. The first-order valence-electron chi connectivity index (χ1n) is 12.4. The molecule has 0 N–H and O–H groups in total. The van der Waals surface area contributed by atoms with E-state index in [0.29, 0.717) is 0 Å². The van der Waals surface area contributed by atoms with Crippen LogP contribution in [0.1, 0.15) is 0 Å². The summed E-state index contributed by atoms with van der Waals surface area (Å²) in [5.74, 6) is 0. The van der Waals surface area contributed by atoms with Crippen LogP contribution in [-0.4, -0.2) is 4.57 Å². The topological polar surface area (TPSA) is 4.93 Å². The second-order valence-corrected chi connectivity index (χ2v) is 11.1.